The number of nitrogens with zero attached hydrogens (tertiary/aromatic N) is 1. The van der Waals surface area contributed by atoms with Crippen LogP contribution < -0.4 is 9.03 Å². The number of carbonyl (C=O) groups is 1. The third kappa shape index (κ3) is 3.61. The summed E-state index contributed by atoms with van der Waals surface area (Å²) >= 11 is 0. The van der Waals surface area contributed by atoms with Crippen LogP contribution >= 0.6 is 0 Å². The first-order valence-electron chi connectivity index (χ1n) is 9.87. The van der Waals surface area contributed by atoms with Gasteiger partial charge in [-0.25, -0.2) is 13.4 Å². The van der Waals surface area contributed by atoms with Crippen molar-refractivity contribution in [2.24, 2.45) is 11.3 Å². The number of nitrogens with one attached hydrogen (secondary N) is 1. The molecular weight excluding hydrogens is 428 g/mol. The van der Waals surface area contributed by atoms with Gasteiger partial charge in [-0.1, -0.05) is 12.8 Å². The number of hydrogen-bond donors (Lipinski definition) is 2. The molecule has 1 saturated heterocycles. The highest BCUT2D eigenvalue weighted by Crippen LogP contribution is 2.60. The lowest BCUT2D eigenvalue weighted by atomic mass is 9.80. The van der Waals surface area contributed by atoms with E-state index in [9.17, 15) is 31.5 Å². The fourth-order valence-corrected chi connectivity index (χ4v) is 5.76. The molecule has 1 saturated carbocycles. The number of phenolic OH excluding ortho intramolecular Hbond substituents is 1. The van der Waals surface area contributed by atoms with E-state index in [1.54, 1.807) is 4.72 Å². The minimum atomic E-state index is -4.28. The van der Waals surface area contributed by atoms with E-state index >= 15 is 4.39 Å². The van der Waals surface area contributed by atoms with Gasteiger partial charge in [0.15, 0.2) is 5.82 Å². The number of phenols is 1. The zero-order valence-electron chi connectivity index (χ0n) is 16.1. The second kappa shape index (κ2) is 7.00. The van der Waals surface area contributed by atoms with Crippen molar-refractivity contribution in [2.45, 2.75) is 57.5 Å². The Morgan fingerprint density at radius 3 is 2.57 bits per heavy atom. The normalized spacial score (nSPS) is 24.5. The average Bonchev–Trinajstić information content (AvgIpc) is 3.37. The Labute approximate surface area is 171 Å². The summed E-state index contributed by atoms with van der Waals surface area (Å²) in [7, 11) is -4.28. The van der Waals surface area contributed by atoms with E-state index < -0.39 is 51.5 Å². The lowest BCUT2D eigenvalue weighted by Crippen LogP contribution is -2.31. The Hall–Kier alpha value is -2.04. The molecule has 0 spiro atoms. The van der Waals surface area contributed by atoms with Crippen molar-refractivity contribution in [1.82, 2.24) is 4.72 Å². The number of halogens is 4. The van der Waals surface area contributed by atoms with Gasteiger partial charge in [0.1, 0.15) is 18.0 Å². The Morgan fingerprint density at radius 2 is 2.00 bits per heavy atom. The van der Waals surface area contributed by atoms with Crippen molar-refractivity contribution in [1.29, 1.82) is 0 Å². The number of anilines is 1. The van der Waals surface area contributed by atoms with Crippen LogP contribution in [0.2, 0.25) is 0 Å². The van der Waals surface area contributed by atoms with Crippen LogP contribution in [-0.4, -0.2) is 32.2 Å². The quantitative estimate of drug-likeness (QED) is 0.674. The van der Waals surface area contributed by atoms with Crippen LogP contribution in [0, 0.1) is 17.2 Å². The fourth-order valence-electron chi connectivity index (χ4n) is 4.60. The molecule has 1 aliphatic heterocycles. The molecule has 166 valence electrons. The van der Waals surface area contributed by atoms with Gasteiger partial charge in [-0.05, 0) is 61.6 Å². The van der Waals surface area contributed by atoms with E-state index in [4.69, 9.17) is 0 Å². The molecule has 11 heteroatoms. The van der Waals surface area contributed by atoms with E-state index in [2.05, 4.69) is 0 Å². The minimum Gasteiger partial charge on any atom is -0.506 e. The maximum Gasteiger partial charge on any atom is 0.394 e. The molecule has 3 aliphatic rings. The highest BCUT2D eigenvalue weighted by atomic mass is 32.2. The molecule has 2 N–H and O–H groups in total. The molecule has 1 heterocycles. The van der Waals surface area contributed by atoms with Crippen molar-refractivity contribution in [3.63, 3.8) is 0 Å². The first-order chi connectivity index (χ1) is 13.9. The maximum absolute atomic E-state index is 15.2. The highest BCUT2D eigenvalue weighted by Gasteiger charge is 2.62. The zero-order valence-corrected chi connectivity index (χ0v) is 16.9. The summed E-state index contributed by atoms with van der Waals surface area (Å²) in [6.07, 6.45) is -1.51. The summed E-state index contributed by atoms with van der Waals surface area (Å²) in [6, 6.07) is 1.31. The second-order valence-corrected chi connectivity index (χ2v) is 10.1. The number of carbonyl (C=O) groups excluding carboxylic acids is 1. The topological polar surface area (TPSA) is 86.7 Å². The third-order valence-electron chi connectivity index (χ3n) is 6.52. The number of benzene rings is 1. The summed E-state index contributed by atoms with van der Waals surface area (Å²) in [5, 5.41) is 10.2. The number of amides is 1. The van der Waals surface area contributed by atoms with E-state index in [1.165, 1.54) is 6.07 Å². The molecule has 1 atom stereocenters. The van der Waals surface area contributed by atoms with Gasteiger partial charge in [0, 0.05) is 0 Å². The average molecular weight is 450 g/mol. The lowest BCUT2D eigenvalue weighted by molar-refractivity contribution is -0.189. The van der Waals surface area contributed by atoms with Crippen molar-refractivity contribution in [2.75, 3.05) is 10.8 Å². The first-order valence-corrected chi connectivity index (χ1v) is 11.3. The van der Waals surface area contributed by atoms with Crippen molar-refractivity contribution in [3.05, 3.63) is 23.0 Å². The van der Waals surface area contributed by atoms with Crippen LogP contribution in [0.5, 0.6) is 5.75 Å². The summed E-state index contributed by atoms with van der Waals surface area (Å²) in [5.74, 6) is -2.32. The second-order valence-electron chi connectivity index (χ2n) is 8.51. The van der Waals surface area contributed by atoms with Gasteiger partial charge in [0.2, 0.25) is 0 Å². The van der Waals surface area contributed by atoms with Crippen LogP contribution in [0.4, 0.5) is 23.2 Å². The van der Waals surface area contributed by atoms with Gasteiger partial charge in [-0.15, -0.1) is 0 Å². The predicted octanol–water partition coefficient (Wildman–Crippen LogP) is 3.33. The molecule has 0 radical (unpaired) electrons. The van der Waals surface area contributed by atoms with Gasteiger partial charge in [0.25, 0.3) is 5.91 Å². The molecule has 1 unspecified atom stereocenters. The van der Waals surface area contributed by atoms with Gasteiger partial charge < -0.3 is 5.11 Å². The molecule has 6 nitrogen and oxygen atoms in total. The highest BCUT2D eigenvalue weighted by molar-refractivity contribution is 7.92. The maximum atomic E-state index is 15.2. The summed E-state index contributed by atoms with van der Waals surface area (Å²) < 4.78 is 80.8. The van der Waals surface area contributed by atoms with Crippen molar-refractivity contribution < 1.29 is 35.9 Å². The van der Waals surface area contributed by atoms with Gasteiger partial charge >= 0.3 is 16.4 Å². The van der Waals surface area contributed by atoms with Crippen molar-refractivity contribution >= 4 is 21.8 Å². The molecule has 2 fully saturated rings. The van der Waals surface area contributed by atoms with Crippen LogP contribution in [-0.2, 0) is 27.8 Å². The molecule has 30 heavy (non-hydrogen) atoms. The number of alkyl halides is 3. The van der Waals surface area contributed by atoms with E-state index in [0.717, 1.165) is 0 Å². The summed E-state index contributed by atoms with van der Waals surface area (Å²) in [5.41, 5.74) is -1.31. The lowest BCUT2D eigenvalue weighted by Gasteiger charge is -2.28. The smallest absolute Gasteiger partial charge is 0.394 e. The minimum absolute atomic E-state index is 0.0247. The van der Waals surface area contributed by atoms with Crippen molar-refractivity contribution in [3.8, 4) is 5.75 Å². The molecule has 0 bridgehead atoms. The molecule has 1 aromatic carbocycles. The third-order valence-corrected chi connectivity index (χ3v) is 7.90. The molecular formula is C19H22F4N2O4S. The number of fused-ring (bicyclic) bond motifs is 1. The molecule has 0 aromatic heterocycles. The Kier molecular flexibility index (Phi) is 4.94. The fraction of sp³-hybridized carbons (Fsp3) is 0.632. The number of rotatable bonds is 5. The van der Waals surface area contributed by atoms with Crippen LogP contribution in [0.25, 0.3) is 0 Å². The van der Waals surface area contributed by atoms with Gasteiger partial charge in [0.05, 0.1) is 5.41 Å². The molecule has 2 aliphatic carbocycles. The standard InChI is InChI=1S/C19H22F4N2O4S/c20-16-13-8-11(2-1-5-18(6-7-18)19(21,22)23)3-4-12(13)9-14(26)17(16)25-10-15(27)24-30(25,28)29/h9,11,26H,1-8,10H2,(H,24,27). The largest absolute Gasteiger partial charge is 0.506 e. The predicted molar refractivity (Wildman–Crippen MR) is 99.6 cm³/mol. The van der Waals surface area contributed by atoms with Gasteiger partial charge in [-0.3, -0.25) is 4.79 Å². The van der Waals surface area contributed by atoms with Crippen LogP contribution in [0.1, 0.15) is 49.7 Å². The number of hydrogen-bond acceptors (Lipinski definition) is 4. The molecule has 1 amide bonds. The van der Waals surface area contributed by atoms with E-state index in [-0.39, 0.29) is 37.2 Å². The zero-order chi connectivity index (χ0) is 21.9. The SMILES string of the molecule is O=C1CN(c2c(O)cc3c(c2F)CC(CCCC2(C(F)(F)F)CC2)CC3)S(=O)(=O)N1. The molecule has 1 aromatic rings. The monoisotopic (exact) mass is 450 g/mol. The van der Waals surface area contributed by atoms with E-state index in [1.807, 2.05) is 0 Å². The van der Waals surface area contributed by atoms with Gasteiger partial charge in [-0.2, -0.15) is 21.6 Å². The molecule has 4 rings (SSSR count). The van der Waals surface area contributed by atoms with E-state index in [0.29, 0.717) is 35.6 Å². The summed E-state index contributed by atoms with van der Waals surface area (Å²) in [4.78, 5) is 11.5. The number of aryl methyl sites for hydroxylation is 1. The Balaban J connectivity index is 1.50. The van der Waals surface area contributed by atoms with Crippen LogP contribution in [0.3, 0.4) is 0 Å². The summed E-state index contributed by atoms with van der Waals surface area (Å²) in [6.45, 7) is -0.630. The Bertz CT molecular complexity index is 989. The first kappa shape index (κ1) is 21.2. The van der Waals surface area contributed by atoms with Crippen LogP contribution in [0.15, 0.2) is 6.07 Å². The Morgan fingerprint density at radius 1 is 1.30 bits per heavy atom. The number of aromatic hydroxyl groups is 1.